The van der Waals surface area contributed by atoms with Crippen LogP contribution in [0.15, 0.2) is 54.6 Å². The van der Waals surface area contributed by atoms with Gasteiger partial charge in [-0.3, -0.25) is 4.79 Å². The Balaban J connectivity index is 1.37. The zero-order valence-corrected chi connectivity index (χ0v) is 17.5. The number of benzene rings is 2. The average molecular weight is 411 g/mol. The van der Waals surface area contributed by atoms with Gasteiger partial charge in [-0.1, -0.05) is 42.5 Å². The van der Waals surface area contributed by atoms with Gasteiger partial charge in [0.05, 0.1) is 0 Å². The number of likely N-dealkylation sites (tertiary alicyclic amines) is 1. The minimum absolute atomic E-state index is 0.0146. The van der Waals surface area contributed by atoms with Crippen molar-refractivity contribution in [3.05, 3.63) is 71.5 Å². The number of carbonyl (C=O) groups is 1. The molecule has 2 aromatic carbocycles. The molecule has 0 radical (unpaired) electrons. The second-order valence-electron chi connectivity index (χ2n) is 8.56. The van der Waals surface area contributed by atoms with Crippen LogP contribution in [0.3, 0.4) is 0 Å². The summed E-state index contributed by atoms with van der Waals surface area (Å²) in [5.74, 6) is 0.0691. The molecule has 30 heavy (non-hydrogen) atoms. The maximum atomic E-state index is 13.0. The molecule has 0 aliphatic carbocycles. The molecule has 2 heterocycles. The Morgan fingerprint density at radius 3 is 2.53 bits per heavy atom. The maximum absolute atomic E-state index is 13.0. The molecule has 5 heteroatoms. The highest BCUT2D eigenvalue weighted by molar-refractivity contribution is 5.79. The van der Waals surface area contributed by atoms with E-state index in [-0.39, 0.29) is 23.2 Å². The zero-order valence-electron chi connectivity index (χ0n) is 17.5. The first kappa shape index (κ1) is 21.0. The van der Waals surface area contributed by atoms with Crippen LogP contribution in [-0.4, -0.2) is 43.2 Å². The van der Waals surface area contributed by atoms with Crippen molar-refractivity contribution in [3.63, 3.8) is 0 Å². The van der Waals surface area contributed by atoms with Crippen molar-refractivity contribution >= 4 is 5.91 Å². The summed E-state index contributed by atoms with van der Waals surface area (Å²) >= 11 is 0. The summed E-state index contributed by atoms with van der Waals surface area (Å²) in [5.41, 5.74) is 2.38. The number of halogens is 1. The zero-order chi connectivity index (χ0) is 20.8. The lowest BCUT2D eigenvalue weighted by atomic mass is 9.73. The third kappa shape index (κ3) is 4.90. The molecule has 2 aliphatic heterocycles. The van der Waals surface area contributed by atoms with Crippen molar-refractivity contribution in [1.29, 1.82) is 0 Å². The SMILES string of the molecule is O=C1CCC(CCNCc2ccc(F)cc2)N1CC1(c2ccccc2)CCOCC1. The van der Waals surface area contributed by atoms with Crippen molar-refractivity contribution < 1.29 is 13.9 Å². The molecule has 0 spiro atoms. The summed E-state index contributed by atoms with van der Waals surface area (Å²) in [4.78, 5) is 14.9. The van der Waals surface area contributed by atoms with Crippen LogP contribution in [0.25, 0.3) is 0 Å². The molecular formula is C25H31FN2O2. The summed E-state index contributed by atoms with van der Waals surface area (Å²) < 4.78 is 18.7. The number of amides is 1. The Hall–Kier alpha value is -2.24. The van der Waals surface area contributed by atoms with Crippen molar-refractivity contribution in [1.82, 2.24) is 10.2 Å². The quantitative estimate of drug-likeness (QED) is 0.668. The minimum atomic E-state index is -0.209. The van der Waals surface area contributed by atoms with Gasteiger partial charge in [-0.05, 0) is 55.5 Å². The van der Waals surface area contributed by atoms with E-state index in [4.69, 9.17) is 4.74 Å². The summed E-state index contributed by atoms with van der Waals surface area (Å²) in [6, 6.07) is 17.5. The topological polar surface area (TPSA) is 41.6 Å². The molecule has 2 aromatic rings. The predicted octanol–water partition coefficient (Wildman–Crippen LogP) is 4.04. The molecule has 160 valence electrons. The van der Waals surface area contributed by atoms with Crippen LogP contribution in [0, 0.1) is 5.82 Å². The standard InChI is InChI=1S/C25H31FN2O2/c26-22-8-6-20(7-9-22)18-27-15-12-23-10-11-24(29)28(23)19-25(13-16-30-17-14-25)21-4-2-1-3-5-21/h1-9,23,27H,10-19H2. The van der Waals surface area contributed by atoms with E-state index in [1.165, 1.54) is 17.7 Å². The van der Waals surface area contributed by atoms with Gasteiger partial charge in [0.25, 0.3) is 0 Å². The van der Waals surface area contributed by atoms with Gasteiger partial charge in [0.2, 0.25) is 5.91 Å². The van der Waals surface area contributed by atoms with E-state index >= 15 is 0 Å². The molecule has 2 saturated heterocycles. The van der Waals surface area contributed by atoms with Crippen LogP contribution in [0.1, 0.15) is 43.2 Å². The molecule has 0 aromatic heterocycles. The predicted molar refractivity (Wildman–Crippen MR) is 116 cm³/mol. The van der Waals surface area contributed by atoms with Crippen LogP contribution in [0.5, 0.6) is 0 Å². The van der Waals surface area contributed by atoms with Gasteiger partial charge < -0.3 is 15.0 Å². The van der Waals surface area contributed by atoms with E-state index < -0.39 is 0 Å². The third-order valence-electron chi connectivity index (χ3n) is 6.66. The molecule has 0 saturated carbocycles. The number of carbonyl (C=O) groups excluding carboxylic acids is 1. The molecule has 1 unspecified atom stereocenters. The van der Waals surface area contributed by atoms with Crippen LogP contribution >= 0.6 is 0 Å². The number of rotatable bonds is 8. The fourth-order valence-electron chi connectivity index (χ4n) is 4.83. The van der Waals surface area contributed by atoms with E-state index in [2.05, 4.69) is 34.5 Å². The summed E-state index contributed by atoms with van der Waals surface area (Å²) in [6.07, 6.45) is 4.42. The number of nitrogens with zero attached hydrogens (tertiary/aromatic N) is 1. The third-order valence-corrected chi connectivity index (χ3v) is 6.66. The number of hydrogen-bond acceptors (Lipinski definition) is 3. The van der Waals surface area contributed by atoms with Gasteiger partial charge in [0, 0.05) is 44.2 Å². The minimum Gasteiger partial charge on any atom is -0.381 e. The highest BCUT2D eigenvalue weighted by Gasteiger charge is 2.41. The molecule has 1 N–H and O–H groups in total. The van der Waals surface area contributed by atoms with E-state index in [9.17, 15) is 9.18 Å². The molecular weight excluding hydrogens is 379 g/mol. The molecule has 2 aliphatic rings. The molecule has 1 amide bonds. The van der Waals surface area contributed by atoms with Gasteiger partial charge in [-0.25, -0.2) is 4.39 Å². The van der Waals surface area contributed by atoms with Crippen LogP contribution in [0.4, 0.5) is 4.39 Å². The van der Waals surface area contributed by atoms with E-state index in [0.29, 0.717) is 13.0 Å². The van der Waals surface area contributed by atoms with Gasteiger partial charge in [-0.2, -0.15) is 0 Å². The van der Waals surface area contributed by atoms with Gasteiger partial charge in [0.15, 0.2) is 0 Å². The summed E-state index contributed by atoms with van der Waals surface area (Å²) in [7, 11) is 0. The highest BCUT2D eigenvalue weighted by Crippen LogP contribution is 2.38. The van der Waals surface area contributed by atoms with Crippen molar-refractivity contribution in [2.75, 3.05) is 26.3 Å². The molecule has 4 nitrogen and oxygen atoms in total. The van der Waals surface area contributed by atoms with Crippen molar-refractivity contribution in [3.8, 4) is 0 Å². The first-order valence-corrected chi connectivity index (χ1v) is 11.0. The monoisotopic (exact) mass is 410 g/mol. The van der Waals surface area contributed by atoms with Gasteiger partial charge in [-0.15, -0.1) is 0 Å². The second kappa shape index (κ2) is 9.71. The number of nitrogens with one attached hydrogen (secondary N) is 1. The Morgan fingerprint density at radius 1 is 1.07 bits per heavy atom. The summed E-state index contributed by atoms with van der Waals surface area (Å²) in [6.45, 7) is 3.84. The fourth-order valence-corrected chi connectivity index (χ4v) is 4.83. The van der Waals surface area contributed by atoms with Crippen LogP contribution in [-0.2, 0) is 21.5 Å². The normalized spacial score (nSPS) is 21.2. The maximum Gasteiger partial charge on any atom is 0.222 e. The Bertz CT molecular complexity index is 819. The highest BCUT2D eigenvalue weighted by atomic mass is 19.1. The largest absolute Gasteiger partial charge is 0.381 e. The van der Waals surface area contributed by atoms with Crippen LogP contribution < -0.4 is 5.32 Å². The smallest absolute Gasteiger partial charge is 0.222 e. The lowest BCUT2D eigenvalue weighted by Crippen LogP contribution is -2.48. The molecule has 4 rings (SSSR count). The second-order valence-corrected chi connectivity index (χ2v) is 8.56. The molecule has 2 fully saturated rings. The number of hydrogen-bond donors (Lipinski definition) is 1. The summed E-state index contributed by atoms with van der Waals surface area (Å²) in [5, 5.41) is 3.45. The first-order valence-electron chi connectivity index (χ1n) is 11.0. The van der Waals surface area contributed by atoms with Crippen LogP contribution in [0.2, 0.25) is 0 Å². The number of ether oxygens (including phenoxy) is 1. The van der Waals surface area contributed by atoms with Crippen molar-refractivity contribution in [2.24, 2.45) is 0 Å². The van der Waals surface area contributed by atoms with E-state index in [1.807, 2.05) is 18.2 Å². The lowest BCUT2D eigenvalue weighted by molar-refractivity contribution is -0.130. The molecule has 0 bridgehead atoms. The Kier molecular flexibility index (Phi) is 6.80. The Morgan fingerprint density at radius 2 is 1.80 bits per heavy atom. The van der Waals surface area contributed by atoms with Crippen molar-refractivity contribution in [2.45, 2.75) is 50.1 Å². The Labute approximate surface area is 178 Å². The lowest BCUT2D eigenvalue weighted by Gasteiger charge is -2.42. The van der Waals surface area contributed by atoms with E-state index in [1.54, 1.807) is 0 Å². The fraction of sp³-hybridized carbons (Fsp3) is 0.480. The van der Waals surface area contributed by atoms with Gasteiger partial charge in [0.1, 0.15) is 5.82 Å². The van der Waals surface area contributed by atoms with Gasteiger partial charge >= 0.3 is 0 Å². The molecule has 1 atom stereocenters. The first-order chi connectivity index (χ1) is 14.7. The average Bonchev–Trinajstić information content (AvgIpc) is 3.13. The van der Waals surface area contributed by atoms with E-state index in [0.717, 1.165) is 57.6 Å².